The van der Waals surface area contributed by atoms with Gasteiger partial charge < -0.3 is 15.2 Å². The molecular formula is C16H21N3O. The molecule has 2 atom stereocenters. The van der Waals surface area contributed by atoms with E-state index in [1.807, 2.05) is 23.1 Å². The Kier molecular flexibility index (Phi) is 3.49. The van der Waals surface area contributed by atoms with Crippen molar-refractivity contribution >= 4 is 16.8 Å². The summed E-state index contributed by atoms with van der Waals surface area (Å²) >= 11 is 0. The van der Waals surface area contributed by atoms with Crippen LogP contribution in [0.1, 0.15) is 19.5 Å². The Morgan fingerprint density at radius 2 is 1.95 bits per heavy atom. The first-order valence-electron chi connectivity index (χ1n) is 7.22. The second-order valence-electron chi connectivity index (χ2n) is 5.83. The normalized spacial score (nSPS) is 23.2. The van der Waals surface area contributed by atoms with Crippen LogP contribution in [0.15, 0.2) is 30.3 Å². The van der Waals surface area contributed by atoms with Gasteiger partial charge in [0.2, 0.25) is 5.91 Å². The fourth-order valence-corrected chi connectivity index (χ4v) is 3.03. The van der Waals surface area contributed by atoms with Crippen molar-refractivity contribution in [3.05, 3.63) is 36.0 Å². The van der Waals surface area contributed by atoms with Crippen LogP contribution in [-0.2, 0) is 11.2 Å². The summed E-state index contributed by atoms with van der Waals surface area (Å²) < 4.78 is 0. The van der Waals surface area contributed by atoms with E-state index in [1.54, 1.807) is 0 Å². The van der Waals surface area contributed by atoms with Gasteiger partial charge in [0.15, 0.2) is 0 Å². The van der Waals surface area contributed by atoms with E-state index in [0.29, 0.717) is 18.5 Å². The maximum Gasteiger partial charge on any atom is 0.228 e. The lowest BCUT2D eigenvalue weighted by Gasteiger charge is -2.36. The van der Waals surface area contributed by atoms with Crippen molar-refractivity contribution in [2.75, 3.05) is 13.1 Å². The number of rotatable bonds is 2. The minimum atomic E-state index is 0.205. The zero-order valence-electron chi connectivity index (χ0n) is 12.0. The maximum absolute atomic E-state index is 12.4. The third-order valence-corrected chi connectivity index (χ3v) is 3.84. The van der Waals surface area contributed by atoms with Gasteiger partial charge in [0, 0.05) is 36.4 Å². The van der Waals surface area contributed by atoms with Gasteiger partial charge in [-0.1, -0.05) is 18.2 Å². The van der Waals surface area contributed by atoms with Crippen LogP contribution < -0.4 is 5.32 Å². The van der Waals surface area contributed by atoms with Crippen LogP contribution in [-0.4, -0.2) is 41.0 Å². The number of nitrogens with one attached hydrogen (secondary N) is 2. The lowest BCUT2D eigenvalue weighted by molar-refractivity contribution is -0.132. The number of benzene rings is 1. The van der Waals surface area contributed by atoms with E-state index in [0.717, 1.165) is 29.7 Å². The number of fused-ring (bicyclic) bond motifs is 1. The van der Waals surface area contributed by atoms with Gasteiger partial charge >= 0.3 is 0 Å². The number of para-hydroxylation sites is 1. The van der Waals surface area contributed by atoms with Crippen LogP contribution in [0.25, 0.3) is 10.9 Å². The summed E-state index contributed by atoms with van der Waals surface area (Å²) in [4.78, 5) is 17.7. The van der Waals surface area contributed by atoms with Crippen molar-refractivity contribution in [1.82, 2.24) is 15.2 Å². The van der Waals surface area contributed by atoms with E-state index in [4.69, 9.17) is 0 Å². The Morgan fingerprint density at radius 3 is 2.65 bits per heavy atom. The molecule has 1 saturated heterocycles. The van der Waals surface area contributed by atoms with Crippen LogP contribution in [0.4, 0.5) is 0 Å². The number of hydrogen-bond donors (Lipinski definition) is 2. The number of aromatic nitrogens is 1. The van der Waals surface area contributed by atoms with E-state index < -0.39 is 0 Å². The molecule has 0 bridgehead atoms. The van der Waals surface area contributed by atoms with Crippen molar-refractivity contribution in [1.29, 1.82) is 0 Å². The van der Waals surface area contributed by atoms with Crippen molar-refractivity contribution in [3.8, 4) is 0 Å². The predicted molar refractivity (Wildman–Crippen MR) is 80.6 cm³/mol. The average Bonchev–Trinajstić information content (AvgIpc) is 2.79. The first-order valence-corrected chi connectivity index (χ1v) is 7.22. The largest absolute Gasteiger partial charge is 0.358 e. The second kappa shape index (κ2) is 5.29. The van der Waals surface area contributed by atoms with E-state index >= 15 is 0 Å². The minimum absolute atomic E-state index is 0.205. The number of amides is 1. The number of aromatic amines is 1. The van der Waals surface area contributed by atoms with Crippen LogP contribution in [0.3, 0.4) is 0 Å². The van der Waals surface area contributed by atoms with Gasteiger partial charge in [-0.05, 0) is 31.4 Å². The molecule has 1 aromatic carbocycles. The number of carbonyl (C=O) groups is 1. The zero-order chi connectivity index (χ0) is 14.1. The Morgan fingerprint density at radius 1 is 1.25 bits per heavy atom. The standard InChI is InChI=1S/C16H21N3O/c1-11-9-19(10-12(2)17-11)16(20)8-14-7-13-5-3-4-6-15(13)18-14/h3-7,11-12,17-18H,8-10H2,1-2H3/t11-,12-/m1/s1. The fraction of sp³-hybridized carbons (Fsp3) is 0.438. The molecule has 1 fully saturated rings. The zero-order valence-corrected chi connectivity index (χ0v) is 12.0. The van der Waals surface area contributed by atoms with Gasteiger partial charge in [0.05, 0.1) is 6.42 Å². The quantitative estimate of drug-likeness (QED) is 0.876. The number of nitrogens with zero attached hydrogens (tertiary/aromatic N) is 1. The molecule has 4 nitrogen and oxygen atoms in total. The molecule has 3 rings (SSSR count). The monoisotopic (exact) mass is 271 g/mol. The van der Waals surface area contributed by atoms with Gasteiger partial charge in [-0.15, -0.1) is 0 Å². The van der Waals surface area contributed by atoms with Gasteiger partial charge in [0.1, 0.15) is 0 Å². The molecule has 106 valence electrons. The molecule has 1 aromatic heterocycles. The lowest BCUT2D eigenvalue weighted by Crippen LogP contribution is -2.56. The summed E-state index contributed by atoms with van der Waals surface area (Å²) in [6, 6.07) is 10.9. The Hall–Kier alpha value is -1.81. The average molecular weight is 271 g/mol. The van der Waals surface area contributed by atoms with E-state index in [2.05, 4.69) is 36.3 Å². The second-order valence-corrected chi connectivity index (χ2v) is 5.83. The summed E-state index contributed by atoms with van der Waals surface area (Å²) in [7, 11) is 0. The van der Waals surface area contributed by atoms with Gasteiger partial charge in [-0.3, -0.25) is 4.79 Å². The Bertz CT molecular complexity index is 576. The smallest absolute Gasteiger partial charge is 0.228 e. The molecule has 2 aromatic rings. The topological polar surface area (TPSA) is 48.1 Å². The highest BCUT2D eigenvalue weighted by molar-refractivity contribution is 5.84. The fourth-order valence-electron chi connectivity index (χ4n) is 3.03. The molecule has 0 unspecified atom stereocenters. The molecule has 0 spiro atoms. The molecule has 1 aliphatic rings. The third-order valence-electron chi connectivity index (χ3n) is 3.84. The number of H-pyrrole nitrogens is 1. The van der Waals surface area contributed by atoms with Crippen molar-refractivity contribution < 1.29 is 4.79 Å². The summed E-state index contributed by atoms with van der Waals surface area (Å²) in [6.07, 6.45) is 0.453. The molecule has 0 saturated carbocycles. The predicted octanol–water partition coefficient (Wildman–Crippen LogP) is 1.92. The molecule has 0 radical (unpaired) electrons. The highest BCUT2D eigenvalue weighted by Crippen LogP contribution is 2.16. The molecule has 2 N–H and O–H groups in total. The molecule has 1 amide bonds. The minimum Gasteiger partial charge on any atom is -0.358 e. The summed E-state index contributed by atoms with van der Waals surface area (Å²) in [5, 5.41) is 4.61. The van der Waals surface area contributed by atoms with Crippen LogP contribution in [0, 0.1) is 0 Å². The summed E-state index contributed by atoms with van der Waals surface area (Å²) in [5.74, 6) is 0.205. The van der Waals surface area contributed by atoms with E-state index in [1.165, 1.54) is 0 Å². The molecule has 20 heavy (non-hydrogen) atoms. The van der Waals surface area contributed by atoms with Crippen molar-refractivity contribution in [3.63, 3.8) is 0 Å². The van der Waals surface area contributed by atoms with E-state index in [-0.39, 0.29) is 5.91 Å². The molecule has 1 aliphatic heterocycles. The molecule has 0 aliphatic carbocycles. The maximum atomic E-state index is 12.4. The van der Waals surface area contributed by atoms with Crippen molar-refractivity contribution in [2.24, 2.45) is 0 Å². The number of piperazine rings is 1. The van der Waals surface area contributed by atoms with Gasteiger partial charge in [-0.2, -0.15) is 0 Å². The third kappa shape index (κ3) is 2.70. The SMILES string of the molecule is C[C@@H]1CN(C(=O)Cc2cc3ccccc3[nH]2)C[C@@H](C)N1. The molecule has 2 heterocycles. The Balaban J connectivity index is 1.72. The van der Waals surface area contributed by atoms with Crippen LogP contribution >= 0.6 is 0 Å². The molecule has 4 heteroatoms. The highest BCUT2D eigenvalue weighted by Gasteiger charge is 2.24. The highest BCUT2D eigenvalue weighted by atomic mass is 16.2. The summed E-state index contributed by atoms with van der Waals surface area (Å²) in [6.45, 7) is 5.84. The molecular weight excluding hydrogens is 250 g/mol. The summed E-state index contributed by atoms with van der Waals surface area (Å²) in [5.41, 5.74) is 2.09. The van der Waals surface area contributed by atoms with E-state index in [9.17, 15) is 4.79 Å². The van der Waals surface area contributed by atoms with Crippen molar-refractivity contribution in [2.45, 2.75) is 32.4 Å². The Labute approximate surface area is 119 Å². The number of carbonyl (C=O) groups excluding carboxylic acids is 1. The van der Waals surface area contributed by atoms with Crippen LogP contribution in [0.5, 0.6) is 0 Å². The first-order chi connectivity index (χ1) is 9.61. The van der Waals surface area contributed by atoms with Gasteiger partial charge in [-0.25, -0.2) is 0 Å². The lowest BCUT2D eigenvalue weighted by atomic mass is 10.1. The number of hydrogen-bond acceptors (Lipinski definition) is 2. The van der Waals surface area contributed by atoms with Crippen LogP contribution in [0.2, 0.25) is 0 Å². The first kappa shape index (κ1) is 13.2. The van der Waals surface area contributed by atoms with Gasteiger partial charge in [0.25, 0.3) is 0 Å².